The molecule has 1 aromatic carbocycles. The van der Waals surface area contributed by atoms with Crippen molar-refractivity contribution in [3.8, 4) is 0 Å². The monoisotopic (exact) mass is 178 g/mol. The molecule has 1 atom stereocenters. The minimum atomic E-state index is 0.605. The summed E-state index contributed by atoms with van der Waals surface area (Å²) in [6.07, 6.45) is 3.03. The van der Waals surface area contributed by atoms with Gasteiger partial charge < -0.3 is 5.11 Å². The van der Waals surface area contributed by atoms with Gasteiger partial charge in [0.15, 0.2) is 0 Å². The van der Waals surface area contributed by atoms with Gasteiger partial charge in [-0.25, -0.2) is 0 Å². The summed E-state index contributed by atoms with van der Waals surface area (Å²) in [7, 11) is 1.00. The molecule has 0 heterocycles. The van der Waals surface area contributed by atoms with Gasteiger partial charge in [0.05, 0.1) is 0 Å². The van der Waals surface area contributed by atoms with E-state index in [-0.39, 0.29) is 0 Å². The van der Waals surface area contributed by atoms with Crippen LogP contribution in [0.5, 0.6) is 0 Å². The lowest BCUT2D eigenvalue weighted by Gasteiger charge is -2.07. The Balaban J connectivity index is 0.000000671. The van der Waals surface area contributed by atoms with Crippen LogP contribution in [0.2, 0.25) is 0 Å². The topological polar surface area (TPSA) is 20.2 Å². The van der Waals surface area contributed by atoms with Crippen molar-refractivity contribution in [2.45, 2.75) is 19.3 Å². The molecule has 1 N–H and O–H groups in total. The molecule has 13 heavy (non-hydrogen) atoms. The molecule has 1 rings (SSSR count). The minimum Gasteiger partial charge on any atom is -0.400 e. The van der Waals surface area contributed by atoms with Crippen LogP contribution in [0, 0.1) is 0 Å². The standard InChI is InChI=1S/C11H14.CH4O/c1-3-7-10(2)11-8-5-4-6-9-11;1-2/h3-6,8-10H,1,7H2,2H3;2H,1H3. The van der Waals surface area contributed by atoms with Crippen LogP contribution in [-0.2, 0) is 0 Å². The molecule has 0 saturated carbocycles. The van der Waals surface area contributed by atoms with Crippen molar-refractivity contribution in [1.29, 1.82) is 0 Å². The fraction of sp³-hybridized carbons (Fsp3) is 0.333. The van der Waals surface area contributed by atoms with E-state index in [9.17, 15) is 0 Å². The van der Waals surface area contributed by atoms with Crippen molar-refractivity contribution >= 4 is 0 Å². The lowest BCUT2D eigenvalue weighted by Crippen LogP contribution is -1.89. The van der Waals surface area contributed by atoms with Gasteiger partial charge in [-0.3, -0.25) is 0 Å². The SMILES string of the molecule is C=CCC(C)c1ccccc1.CO. The Morgan fingerprint density at radius 3 is 2.31 bits per heavy atom. The van der Waals surface area contributed by atoms with Gasteiger partial charge >= 0.3 is 0 Å². The Labute approximate surface area is 80.7 Å². The molecule has 1 nitrogen and oxygen atoms in total. The third kappa shape index (κ3) is 4.48. The first-order valence-electron chi connectivity index (χ1n) is 4.45. The number of hydrogen-bond acceptors (Lipinski definition) is 1. The first-order chi connectivity index (χ1) is 6.34. The maximum absolute atomic E-state index is 7.00. The number of hydrogen-bond donors (Lipinski definition) is 1. The molecule has 72 valence electrons. The molecule has 1 aromatic rings. The zero-order valence-electron chi connectivity index (χ0n) is 8.40. The fourth-order valence-electron chi connectivity index (χ4n) is 1.17. The highest BCUT2D eigenvalue weighted by molar-refractivity contribution is 5.19. The lowest BCUT2D eigenvalue weighted by atomic mass is 9.98. The number of aliphatic hydroxyl groups excluding tert-OH is 1. The van der Waals surface area contributed by atoms with Gasteiger partial charge in [-0.05, 0) is 17.9 Å². The van der Waals surface area contributed by atoms with Crippen LogP contribution in [0.15, 0.2) is 43.0 Å². The Morgan fingerprint density at radius 2 is 1.85 bits per heavy atom. The second-order valence-electron chi connectivity index (χ2n) is 2.84. The normalized spacial score (nSPS) is 11.0. The Morgan fingerprint density at radius 1 is 1.31 bits per heavy atom. The summed E-state index contributed by atoms with van der Waals surface area (Å²) in [5.41, 5.74) is 1.40. The van der Waals surface area contributed by atoms with Crippen LogP contribution in [-0.4, -0.2) is 12.2 Å². The van der Waals surface area contributed by atoms with E-state index in [1.165, 1.54) is 5.56 Å². The second-order valence-corrected chi connectivity index (χ2v) is 2.84. The van der Waals surface area contributed by atoms with E-state index in [0.29, 0.717) is 5.92 Å². The molecule has 0 radical (unpaired) electrons. The summed E-state index contributed by atoms with van der Waals surface area (Å²) < 4.78 is 0. The molecular weight excluding hydrogens is 160 g/mol. The highest BCUT2D eigenvalue weighted by Gasteiger charge is 2.00. The summed E-state index contributed by atoms with van der Waals surface area (Å²) in [6, 6.07) is 10.5. The maximum atomic E-state index is 7.00. The molecule has 0 fully saturated rings. The Kier molecular flexibility index (Phi) is 6.93. The van der Waals surface area contributed by atoms with Crippen LogP contribution in [0.25, 0.3) is 0 Å². The molecule has 0 aliphatic rings. The van der Waals surface area contributed by atoms with E-state index >= 15 is 0 Å². The number of aliphatic hydroxyl groups is 1. The van der Waals surface area contributed by atoms with Crippen molar-refractivity contribution < 1.29 is 5.11 Å². The van der Waals surface area contributed by atoms with Crippen molar-refractivity contribution in [2.24, 2.45) is 0 Å². The summed E-state index contributed by atoms with van der Waals surface area (Å²) in [5.74, 6) is 0.605. The first kappa shape index (κ1) is 11.9. The van der Waals surface area contributed by atoms with Gasteiger partial charge in [0.2, 0.25) is 0 Å². The van der Waals surface area contributed by atoms with Gasteiger partial charge in [0.25, 0.3) is 0 Å². The molecule has 0 amide bonds. The van der Waals surface area contributed by atoms with E-state index in [4.69, 9.17) is 5.11 Å². The summed E-state index contributed by atoms with van der Waals surface area (Å²) in [5, 5.41) is 7.00. The predicted molar refractivity (Wildman–Crippen MR) is 57.8 cm³/mol. The predicted octanol–water partition coefficient (Wildman–Crippen LogP) is 2.97. The molecule has 0 aliphatic heterocycles. The van der Waals surface area contributed by atoms with Crippen LogP contribution < -0.4 is 0 Å². The van der Waals surface area contributed by atoms with Crippen molar-refractivity contribution in [1.82, 2.24) is 0 Å². The molecule has 0 aliphatic carbocycles. The van der Waals surface area contributed by atoms with Crippen LogP contribution in [0.1, 0.15) is 24.8 Å². The number of allylic oxidation sites excluding steroid dienone is 1. The molecule has 1 heteroatoms. The zero-order valence-corrected chi connectivity index (χ0v) is 8.40. The molecular formula is C12H18O. The van der Waals surface area contributed by atoms with Gasteiger partial charge in [-0.2, -0.15) is 0 Å². The van der Waals surface area contributed by atoms with E-state index in [0.717, 1.165) is 13.5 Å². The molecule has 0 saturated heterocycles. The van der Waals surface area contributed by atoms with Gasteiger partial charge in [-0.15, -0.1) is 6.58 Å². The summed E-state index contributed by atoms with van der Waals surface area (Å²) >= 11 is 0. The van der Waals surface area contributed by atoms with Crippen LogP contribution in [0.4, 0.5) is 0 Å². The molecule has 1 unspecified atom stereocenters. The number of benzene rings is 1. The quantitative estimate of drug-likeness (QED) is 0.705. The zero-order chi connectivity index (χ0) is 10.1. The summed E-state index contributed by atoms with van der Waals surface area (Å²) in [4.78, 5) is 0. The number of rotatable bonds is 3. The third-order valence-corrected chi connectivity index (χ3v) is 1.89. The van der Waals surface area contributed by atoms with Gasteiger partial charge in [0, 0.05) is 7.11 Å². The van der Waals surface area contributed by atoms with E-state index in [2.05, 4.69) is 37.8 Å². The second kappa shape index (κ2) is 7.56. The van der Waals surface area contributed by atoms with Crippen molar-refractivity contribution in [3.63, 3.8) is 0 Å². The van der Waals surface area contributed by atoms with Crippen molar-refractivity contribution in [3.05, 3.63) is 48.6 Å². The Bertz CT molecular complexity index is 216. The third-order valence-electron chi connectivity index (χ3n) is 1.89. The highest BCUT2D eigenvalue weighted by Crippen LogP contribution is 2.17. The molecule has 0 bridgehead atoms. The van der Waals surface area contributed by atoms with Crippen LogP contribution >= 0.6 is 0 Å². The fourth-order valence-corrected chi connectivity index (χ4v) is 1.17. The lowest BCUT2D eigenvalue weighted by molar-refractivity contribution is 0.399. The average molecular weight is 178 g/mol. The van der Waals surface area contributed by atoms with Crippen LogP contribution in [0.3, 0.4) is 0 Å². The van der Waals surface area contributed by atoms with E-state index in [1.807, 2.05) is 12.1 Å². The molecule has 0 spiro atoms. The van der Waals surface area contributed by atoms with E-state index < -0.39 is 0 Å². The van der Waals surface area contributed by atoms with Crippen molar-refractivity contribution in [2.75, 3.05) is 7.11 Å². The van der Waals surface area contributed by atoms with E-state index in [1.54, 1.807) is 0 Å². The Hall–Kier alpha value is -1.08. The first-order valence-corrected chi connectivity index (χ1v) is 4.45. The van der Waals surface area contributed by atoms with Gasteiger partial charge in [0.1, 0.15) is 0 Å². The minimum absolute atomic E-state index is 0.605. The summed E-state index contributed by atoms with van der Waals surface area (Å²) in [6.45, 7) is 5.95. The molecule has 0 aromatic heterocycles. The van der Waals surface area contributed by atoms with Gasteiger partial charge in [-0.1, -0.05) is 43.3 Å². The average Bonchev–Trinajstić information content (AvgIpc) is 2.23. The maximum Gasteiger partial charge on any atom is 0.0319 e. The highest BCUT2D eigenvalue weighted by atomic mass is 16.2. The largest absolute Gasteiger partial charge is 0.400 e. The smallest absolute Gasteiger partial charge is 0.0319 e.